The first kappa shape index (κ1) is 12.6. The topological polar surface area (TPSA) is 58.4 Å². The molecule has 0 saturated carbocycles. The quantitative estimate of drug-likeness (QED) is 0.868. The molecule has 1 aromatic carbocycles. The molecule has 2 unspecified atom stereocenters. The highest BCUT2D eigenvalue weighted by Crippen LogP contribution is 2.31. The van der Waals surface area contributed by atoms with Crippen LogP contribution in [-0.2, 0) is 11.2 Å². The van der Waals surface area contributed by atoms with E-state index in [1.165, 1.54) is 18.4 Å². The molecule has 19 heavy (non-hydrogen) atoms. The van der Waals surface area contributed by atoms with Crippen LogP contribution in [0.5, 0.6) is 0 Å². The second kappa shape index (κ2) is 4.94. The maximum absolute atomic E-state index is 11.4. The molecule has 2 aliphatic heterocycles. The number of hydrogen-bond acceptors (Lipinski definition) is 3. The molecule has 2 aliphatic rings. The molecule has 0 spiro atoms. The third-order valence-corrected chi connectivity index (χ3v) is 4.13. The number of carbonyl (C=O) groups excluding carboxylic acids is 1. The van der Waals surface area contributed by atoms with Crippen LogP contribution < -0.4 is 11.1 Å². The molecule has 0 radical (unpaired) electrons. The molecule has 2 atom stereocenters. The molecule has 0 aliphatic carbocycles. The van der Waals surface area contributed by atoms with Crippen LogP contribution in [0.25, 0.3) is 0 Å². The molecule has 4 heteroatoms. The summed E-state index contributed by atoms with van der Waals surface area (Å²) in [6.07, 6.45) is 3.01. The van der Waals surface area contributed by atoms with E-state index in [1.54, 1.807) is 0 Å². The van der Waals surface area contributed by atoms with Gasteiger partial charge in [0.25, 0.3) is 0 Å². The molecule has 0 bridgehead atoms. The van der Waals surface area contributed by atoms with Crippen LogP contribution >= 0.6 is 0 Å². The summed E-state index contributed by atoms with van der Waals surface area (Å²) in [7, 11) is 0. The van der Waals surface area contributed by atoms with Gasteiger partial charge in [-0.3, -0.25) is 9.69 Å². The summed E-state index contributed by atoms with van der Waals surface area (Å²) in [6.45, 7) is 4.32. The van der Waals surface area contributed by atoms with Gasteiger partial charge in [-0.15, -0.1) is 0 Å². The normalized spacial score (nSPS) is 22.1. The van der Waals surface area contributed by atoms with E-state index in [9.17, 15) is 4.79 Å². The van der Waals surface area contributed by atoms with Crippen molar-refractivity contribution in [2.45, 2.75) is 38.3 Å². The number of carbonyl (C=O) groups is 1. The zero-order valence-corrected chi connectivity index (χ0v) is 11.4. The molecule has 4 nitrogen and oxygen atoms in total. The number of hydrogen-bond donors (Lipinski definition) is 2. The predicted octanol–water partition coefficient (Wildman–Crippen LogP) is 1.67. The standard InChI is InChI=1S/C15H21N3O/c1-10(16)15(18-6-2-3-7-18)11-4-5-13-12(8-11)9-14(19)17-13/h4-5,8,10,15H,2-3,6-7,9,16H2,1H3,(H,17,19). The molecular weight excluding hydrogens is 238 g/mol. The largest absolute Gasteiger partial charge is 0.326 e. The maximum atomic E-state index is 11.4. The van der Waals surface area contributed by atoms with E-state index in [0.717, 1.165) is 24.3 Å². The summed E-state index contributed by atoms with van der Waals surface area (Å²) in [4.78, 5) is 13.9. The minimum Gasteiger partial charge on any atom is -0.326 e. The Hall–Kier alpha value is -1.39. The molecule has 2 heterocycles. The van der Waals surface area contributed by atoms with E-state index in [-0.39, 0.29) is 18.0 Å². The smallest absolute Gasteiger partial charge is 0.228 e. The Labute approximate surface area is 114 Å². The van der Waals surface area contributed by atoms with Gasteiger partial charge in [0, 0.05) is 17.8 Å². The number of nitrogens with zero attached hydrogens (tertiary/aromatic N) is 1. The molecule has 1 amide bonds. The lowest BCUT2D eigenvalue weighted by Crippen LogP contribution is -2.37. The van der Waals surface area contributed by atoms with Gasteiger partial charge in [0.05, 0.1) is 6.42 Å². The van der Waals surface area contributed by atoms with Gasteiger partial charge in [-0.2, -0.15) is 0 Å². The van der Waals surface area contributed by atoms with Gasteiger partial charge in [0.15, 0.2) is 0 Å². The van der Waals surface area contributed by atoms with Gasteiger partial charge in [-0.25, -0.2) is 0 Å². The Bertz CT molecular complexity index is 492. The Kier molecular flexibility index (Phi) is 3.29. The second-order valence-electron chi connectivity index (χ2n) is 5.69. The molecule has 102 valence electrons. The fourth-order valence-corrected chi connectivity index (χ4v) is 3.30. The number of amides is 1. The lowest BCUT2D eigenvalue weighted by Gasteiger charge is -2.31. The van der Waals surface area contributed by atoms with Crippen molar-refractivity contribution in [3.05, 3.63) is 29.3 Å². The van der Waals surface area contributed by atoms with Crippen molar-refractivity contribution in [1.29, 1.82) is 0 Å². The summed E-state index contributed by atoms with van der Waals surface area (Å²) >= 11 is 0. The Morgan fingerprint density at radius 1 is 1.32 bits per heavy atom. The van der Waals surface area contributed by atoms with E-state index in [2.05, 4.69) is 29.3 Å². The SMILES string of the molecule is CC(N)C(c1ccc2c(c1)CC(=O)N2)N1CCCC1. The Balaban J connectivity index is 1.91. The molecule has 0 aromatic heterocycles. The lowest BCUT2D eigenvalue weighted by atomic mass is 9.96. The average Bonchev–Trinajstić information content (AvgIpc) is 2.96. The van der Waals surface area contributed by atoms with E-state index >= 15 is 0 Å². The number of nitrogens with two attached hydrogens (primary N) is 1. The highest BCUT2D eigenvalue weighted by molar-refractivity contribution is 5.99. The lowest BCUT2D eigenvalue weighted by molar-refractivity contribution is -0.115. The fraction of sp³-hybridized carbons (Fsp3) is 0.533. The minimum atomic E-state index is 0.0886. The van der Waals surface area contributed by atoms with E-state index < -0.39 is 0 Å². The van der Waals surface area contributed by atoms with Crippen LogP contribution in [0.2, 0.25) is 0 Å². The van der Waals surface area contributed by atoms with Crippen LogP contribution in [0.1, 0.15) is 36.9 Å². The monoisotopic (exact) mass is 259 g/mol. The van der Waals surface area contributed by atoms with E-state index in [4.69, 9.17) is 5.73 Å². The second-order valence-corrected chi connectivity index (χ2v) is 5.69. The van der Waals surface area contributed by atoms with Crippen molar-refractivity contribution < 1.29 is 4.79 Å². The van der Waals surface area contributed by atoms with Crippen LogP contribution in [0.3, 0.4) is 0 Å². The minimum absolute atomic E-state index is 0.0886. The number of benzene rings is 1. The third-order valence-electron chi connectivity index (χ3n) is 4.13. The van der Waals surface area contributed by atoms with Crippen LogP contribution in [-0.4, -0.2) is 29.9 Å². The molecule has 3 N–H and O–H groups in total. The Morgan fingerprint density at radius 3 is 2.74 bits per heavy atom. The summed E-state index contributed by atoms with van der Waals surface area (Å²) in [5, 5.41) is 2.88. The number of anilines is 1. The van der Waals surface area contributed by atoms with E-state index in [1.807, 2.05) is 6.07 Å². The summed E-state index contributed by atoms with van der Waals surface area (Å²) in [6, 6.07) is 6.64. The van der Waals surface area contributed by atoms with Gasteiger partial charge in [0.1, 0.15) is 0 Å². The highest BCUT2D eigenvalue weighted by Gasteiger charge is 2.28. The van der Waals surface area contributed by atoms with Crippen LogP contribution in [0.15, 0.2) is 18.2 Å². The predicted molar refractivity (Wildman–Crippen MR) is 76.0 cm³/mol. The average molecular weight is 259 g/mol. The number of rotatable bonds is 3. The first-order valence-corrected chi connectivity index (χ1v) is 7.07. The van der Waals surface area contributed by atoms with Crippen LogP contribution in [0, 0.1) is 0 Å². The molecule has 1 saturated heterocycles. The molecular formula is C15H21N3O. The van der Waals surface area contributed by atoms with E-state index in [0.29, 0.717) is 6.42 Å². The number of fused-ring (bicyclic) bond motifs is 1. The summed E-state index contributed by atoms with van der Waals surface area (Å²) in [5.74, 6) is 0.0886. The maximum Gasteiger partial charge on any atom is 0.228 e. The Morgan fingerprint density at radius 2 is 2.05 bits per heavy atom. The first-order valence-electron chi connectivity index (χ1n) is 7.07. The zero-order valence-electron chi connectivity index (χ0n) is 11.4. The number of likely N-dealkylation sites (tertiary alicyclic amines) is 1. The first-order chi connectivity index (χ1) is 9.15. The molecule has 3 rings (SSSR count). The summed E-state index contributed by atoms with van der Waals surface area (Å²) in [5.41, 5.74) is 9.50. The number of nitrogens with one attached hydrogen (secondary N) is 1. The highest BCUT2D eigenvalue weighted by atomic mass is 16.1. The van der Waals surface area contributed by atoms with Crippen molar-refractivity contribution in [2.75, 3.05) is 18.4 Å². The van der Waals surface area contributed by atoms with Crippen molar-refractivity contribution in [1.82, 2.24) is 4.90 Å². The van der Waals surface area contributed by atoms with Gasteiger partial charge in [0.2, 0.25) is 5.91 Å². The van der Waals surface area contributed by atoms with Gasteiger partial charge in [-0.1, -0.05) is 12.1 Å². The van der Waals surface area contributed by atoms with Crippen molar-refractivity contribution in [3.8, 4) is 0 Å². The fourth-order valence-electron chi connectivity index (χ4n) is 3.30. The molecule has 1 aromatic rings. The van der Waals surface area contributed by atoms with Crippen molar-refractivity contribution in [3.63, 3.8) is 0 Å². The third kappa shape index (κ3) is 2.38. The molecule has 1 fully saturated rings. The van der Waals surface area contributed by atoms with Gasteiger partial charge >= 0.3 is 0 Å². The summed E-state index contributed by atoms with van der Waals surface area (Å²) < 4.78 is 0. The van der Waals surface area contributed by atoms with Gasteiger partial charge < -0.3 is 11.1 Å². The van der Waals surface area contributed by atoms with Crippen molar-refractivity contribution in [2.24, 2.45) is 5.73 Å². The van der Waals surface area contributed by atoms with Crippen LogP contribution in [0.4, 0.5) is 5.69 Å². The zero-order chi connectivity index (χ0) is 13.4. The van der Waals surface area contributed by atoms with Crippen molar-refractivity contribution >= 4 is 11.6 Å². The van der Waals surface area contributed by atoms with Gasteiger partial charge in [-0.05, 0) is 50.0 Å².